The second-order valence-corrected chi connectivity index (χ2v) is 1.92. The molecule has 0 radical (unpaired) electrons. The zero-order chi connectivity index (χ0) is 7.11. The third-order valence-corrected chi connectivity index (χ3v) is 1.05. The summed E-state index contributed by atoms with van der Waals surface area (Å²) in [7, 11) is 0. The van der Waals surface area contributed by atoms with Crippen LogP contribution in [0.25, 0.3) is 0 Å². The van der Waals surface area contributed by atoms with Crippen LogP contribution in [0.2, 0.25) is 0 Å². The molecule has 0 aliphatic rings. The zero-order valence-electron chi connectivity index (χ0n) is 5.88. The molecule has 0 fully saturated rings. The van der Waals surface area contributed by atoms with Gasteiger partial charge in [-0.2, -0.15) is 0 Å². The van der Waals surface area contributed by atoms with Gasteiger partial charge in [-0.25, -0.2) is 0 Å². The van der Waals surface area contributed by atoms with Gasteiger partial charge in [0, 0.05) is 0 Å². The number of allylic oxidation sites excluding steroid dienone is 1. The summed E-state index contributed by atoms with van der Waals surface area (Å²) in [6.45, 7) is 5.52. The molecule has 0 aliphatic carbocycles. The molecule has 1 atom stereocenters. The molecule has 0 amide bonds. The monoisotopic (exact) mass is 126 g/mol. The van der Waals surface area contributed by atoms with E-state index in [4.69, 9.17) is 5.11 Å². The van der Waals surface area contributed by atoms with E-state index < -0.39 is 0 Å². The summed E-state index contributed by atoms with van der Waals surface area (Å²) < 4.78 is 0. The first-order chi connectivity index (χ1) is 4.31. The maximum Gasteiger partial charge on any atom is 0.0752 e. The van der Waals surface area contributed by atoms with Crippen molar-refractivity contribution < 1.29 is 5.11 Å². The van der Waals surface area contributed by atoms with Gasteiger partial charge in [0.2, 0.25) is 0 Å². The van der Waals surface area contributed by atoms with Crippen molar-refractivity contribution in [2.24, 2.45) is 0 Å². The summed E-state index contributed by atoms with van der Waals surface area (Å²) in [6.07, 6.45) is 6.90. The summed E-state index contributed by atoms with van der Waals surface area (Å²) in [4.78, 5) is 0. The molecule has 0 bridgehead atoms. The van der Waals surface area contributed by atoms with Crippen molar-refractivity contribution in [3.63, 3.8) is 0 Å². The van der Waals surface area contributed by atoms with E-state index in [2.05, 4.69) is 13.5 Å². The average Bonchev–Trinajstić information content (AvgIpc) is 1.89. The standard InChI is InChI=1S/C8H14O/c1-3-5-6-7-8(9)4-2/h4-6,8-9H,2-3,7H2,1H3/b6-5-/t8-/m1/s1. The first-order valence-corrected chi connectivity index (χ1v) is 3.26. The predicted molar refractivity (Wildman–Crippen MR) is 40.3 cm³/mol. The number of aliphatic hydroxyl groups excluding tert-OH is 1. The predicted octanol–water partition coefficient (Wildman–Crippen LogP) is 1.89. The maximum absolute atomic E-state index is 8.92. The van der Waals surface area contributed by atoms with Gasteiger partial charge >= 0.3 is 0 Å². The Morgan fingerprint density at radius 3 is 2.67 bits per heavy atom. The quantitative estimate of drug-likeness (QED) is 0.570. The Morgan fingerprint density at radius 2 is 2.22 bits per heavy atom. The van der Waals surface area contributed by atoms with Crippen molar-refractivity contribution in [3.05, 3.63) is 24.8 Å². The molecule has 0 saturated carbocycles. The number of hydrogen-bond donors (Lipinski definition) is 1. The summed E-state index contributed by atoms with van der Waals surface area (Å²) in [6, 6.07) is 0. The van der Waals surface area contributed by atoms with Gasteiger partial charge in [-0.3, -0.25) is 0 Å². The van der Waals surface area contributed by atoms with Crippen LogP contribution in [0.3, 0.4) is 0 Å². The maximum atomic E-state index is 8.92. The molecule has 0 aromatic rings. The number of hydrogen-bond acceptors (Lipinski definition) is 1. The molecule has 1 nitrogen and oxygen atoms in total. The van der Waals surface area contributed by atoms with Crippen molar-refractivity contribution in [2.45, 2.75) is 25.9 Å². The van der Waals surface area contributed by atoms with Gasteiger partial charge in [0.25, 0.3) is 0 Å². The lowest BCUT2D eigenvalue weighted by Crippen LogP contribution is -1.97. The van der Waals surface area contributed by atoms with Crippen LogP contribution < -0.4 is 0 Å². The summed E-state index contributed by atoms with van der Waals surface area (Å²) in [5, 5.41) is 8.92. The summed E-state index contributed by atoms with van der Waals surface area (Å²) in [5.41, 5.74) is 0. The van der Waals surface area contributed by atoms with E-state index in [1.807, 2.05) is 12.2 Å². The molecule has 0 spiro atoms. The molecule has 0 saturated heterocycles. The Labute approximate surface area is 56.7 Å². The van der Waals surface area contributed by atoms with Gasteiger partial charge in [0.15, 0.2) is 0 Å². The highest BCUT2D eigenvalue weighted by Crippen LogP contribution is 1.93. The highest BCUT2D eigenvalue weighted by molar-refractivity contribution is 4.89. The number of rotatable bonds is 4. The van der Waals surface area contributed by atoms with Crippen LogP contribution >= 0.6 is 0 Å². The first-order valence-electron chi connectivity index (χ1n) is 3.26. The lowest BCUT2D eigenvalue weighted by molar-refractivity contribution is 0.227. The Kier molecular flexibility index (Phi) is 5.23. The second-order valence-electron chi connectivity index (χ2n) is 1.92. The van der Waals surface area contributed by atoms with Crippen LogP contribution in [0.1, 0.15) is 19.8 Å². The van der Waals surface area contributed by atoms with Gasteiger partial charge in [-0.15, -0.1) is 6.58 Å². The number of aliphatic hydroxyl groups is 1. The van der Waals surface area contributed by atoms with Gasteiger partial charge in [-0.1, -0.05) is 25.2 Å². The van der Waals surface area contributed by atoms with E-state index in [0.29, 0.717) is 6.42 Å². The van der Waals surface area contributed by atoms with E-state index in [1.54, 1.807) is 6.08 Å². The second kappa shape index (κ2) is 5.57. The molecule has 1 N–H and O–H groups in total. The van der Waals surface area contributed by atoms with Gasteiger partial charge in [-0.05, 0) is 12.8 Å². The van der Waals surface area contributed by atoms with E-state index in [1.165, 1.54) is 0 Å². The smallest absolute Gasteiger partial charge is 0.0752 e. The Hall–Kier alpha value is -0.560. The SMILES string of the molecule is C=C[C@@H](O)C/C=C\CC. The highest BCUT2D eigenvalue weighted by atomic mass is 16.3. The van der Waals surface area contributed by atoms with E-state index in [9.17, 15) is 0 Å². The molecule has 0 aliphatic heterocycles. The molecule has 9 heavy (non-hydrogen) atoms. The Bertz CT molecular complexity index is 94.7. The normalized spacial score (nSPS) is 14.0. The minimum atomic E-state index is -0.368. The Morgan fingerprint density at radius 1 is 1.56 bits per heavy atom. The molecule has 52 valence electrons. The minimum absolute atomic E-state index is 0.368. The van der Waals surface area contributed by atoms with Gasteiger partial charge in [0.1, 0.15) is 0 Å². The Balaban J connectivity index is 3.25. The van der Waals surface area contributed by atoms with E-state index in [0.717, 1.165) is 6.42 Å². The lowest BCUT2D eigenvalue weighted by atomic mass is 10.2. The zero-order valence-corrected chi connectivity index (χ0v) is 5.88. The summed E-state index contributed by atoms with van der Waals surface area (Å²) in [5.74, 6) is 0. The van der Waals surface area contributed by atoms with Crippen LogP contribution in [0.4, 0.5) is 0 Å². The fourth-order valence-electron chi connectivity index (χ4n) is 0.499. The van der Waals surface area contributed by atoms with Gasteiger partial charge in [0.05, 0.1) is 6.10 Å². The molecule has 0 aromatic carbocycles. The van der Waals surface area contributed by atoms with Gasteiger partial charge < -0.3 is 5.11 Å². The van der Waals surface area contributed by atoms with Crippen LogP contribution in [0.15, 0.2) is 24.8 Å². The van der Waals surface area contributed by atoms with Crippen molar-refractivity contribution in [2.75, 3.05) is 0 Å². The third-order valence-electron chi connectivity index (χ3n) is 1.05. The highest BCUT2D eigenvalue weighted by Gasteiger charge is 1.89. The molecule has 0 unspecified atom stereocenters. The molecule has 0 aromatic heterocycles. The van der Waals surface area contributed by atoms with Crippen molar-refractivity contribution in [3.8, 4) is 0 Å². The fourth-order valence-corrected chi connectivity index (χ4v) is 0.499. The minimum Gasteiger partial charge on any atom is -0.389 e. The van der Waals surface area contributed by atoms with Crippen LogP contribution in [-0.4, -0.2) is 11.2 Å². The topological polar surface area (TPSA) is 20.2 Å². The van der Waals surface area contributed by atoms with Crippen LogP contribution in [-0.2, 0) is 0 Å². The van der Waals surface area contributed by atoms with Crippen LogP contribution in [0, 0.1) is 0 Å². The average molecular weight is 126 g/mol. The molecule has 0 heterocycles. The third kappa shape index (κ3) is 5.31. The van der Waals surface area contributed by atoms with Crippen molar-refractivity contribution in [1.82, 2.24) is 0 Å². The van der Waals surface area contributed by atoms with Crippen molar-refractivity contribution >= 4 is 0 Å². The largest absolute Gasteiger partial charge is 0.389 e. The first kappa shape index (κ1) is 8.44. The van der Waals surface area contributed by atoms with Crippen molar-refractivity contribution in [1.29, 1.82) is 0 Å². The molecule has 0 rings (SSSR count). The van der Waals surface area contributed by atoms with Crippen LogP contribution in [0.5, 0.6) is 0 Å². The van der Waals surface area contributed by atoms with E-state index >= 15 is 0 Å². The van der Waals surface area contributed by atoms with E-state index in [-0.39, 0.29) is 6.10 Å². The summed E-state index contributed by atoms with van der Waals surface area (Å²) >= 11 is 0. The lowest BCUT2D eigenvalue weighted by Gasteiger charge is -1.96. The fraction of sp³-hybridized carbons (Fsp3) is 0.500. The molecular formula is C8H14O. The molecule has 1 heteroatoms. The molecular weight excluding hydrogens is 112 g/mol.